The van der Waals surface area contributed by atoms with E-state index in [0.717, 1.165) is 16.4 Å². The summed E-state index contributed by atoms with van der Waals surface area (Å²) in [6, 6.07) is 5.13. The van der Waals surface area contributed by atoms with Gasteiger partial charge in [0.2, 0.25) is 5.91 Å². The monoisotopic (exact) mass is 294 g/mol. The molecule has 104 valence electrons. The van der Waals surface area contributed by atoms with Gasteiger partial charge in [-0.15, -0.1) is 5.10 Å². The fourth-order valence-corrected chi connectivity index (χ4v) is 1.78. The molecule has 0 spiro atoms. The van der Waals surface area contributed by atoms with E-state index in [2.05, 4.69) is 15.6 Å². The van der Waals surface area contributed by atoms with Crippen LogP contribution in [0, 0.1) is 6.92 Å². The molecule has 2 N–H and O–H groups in total. The number of carbonyl (C=O) groups is 2. The van der Waals surface area contributed by atoms with Crippen LogP contribution in [0.25, 0.3) is 0 Å². The Morgan fingerprint density at radius 2 is 2.20 bits per heavy atom. The number of aromatic nitrogens is 3. The number of carboxylic acids is 1. The second kappa shape index (κ2) is 5.70. The van der Waals surface area contributed by atoms with Gasteiger partial charge in [-0.05, 0) is 24.6 Å². The Morgan fingerprint density at radius 1 is 1.45 bits per heavy atom. The zero-order chi connectivity index (χ0) is 14.7. The van der Waals surface area contributed by atoms with Crippen LogP contribution < -0.4 is 5.32 Å². The molecule has 1 amide bonds. The highest BCUT2D eigenvalue weighted by Crippen LogP contribution is 2.22. The predicted octanol–water partition coefficient (Wildman–Crippen LogP) is 1.58. The van der Waals surface area contributed by atoms with Gasteiger partial charge in [-0.3, -0.25) is 4.79 Å². The van der Waals surface area contributed by atoms with Crippen molar-refractivity contribution in [3.63, 3.8) is 0 Å². The molecule has 0 saturated carbocycles. The normalized spacial score (nSPS) is 10.3. The largest absolute Gasteiger partial charge is 0.476 e. The number of halogens is 1. The van der Waals surface area contributed by atoms with Crippen LogP contribution in [0.15, 0.2) is 24.4 Å². The molecule has 2 aromatic rings. The standard InChI is InChI=1S/C12H11ClN4O3/c1-7-8(13)3-2-4-9(7)15-11(18)6-17-10(12(19)20)5-14-16-17/h2-5H,6H2,1H3,(H,15,18)(H,19,20). The molecular formula is C12H11ClN4O3. The second-order valence-corrected chi connectivity index (χ2v) is 4.45. The van der Waals surface area contributed by atoms with Crippen molar-refractivity contribution in [1.29, 1.82) is 0 Å². The molecule has 0 aliphatic carbocycles. The summed E-state index contributed by atoms with van der Waals surface area (Å²) in [6.45, 7) is 1.53. The Labute approximate surface area is 119 Å². The molecule has 0 fully saturated rings. The van der Waals surface area contributed by atoms with Crippen molar-refractivity contribution in [1.82, 2.24) is 15.0 Å². The second-order valence-electron chi connectivity index (χ2n) is 4.04. The molecule has 7 nitrogen and oxygen atoms in total. The Hall–Kier alpha value is -2.41. The first-order valence-corrected chi connectivity index (χ1v) is 6.03. The molecule has 2 rings (SSSR count). The van der Waals surface area contributed by atoms with Crippen molar-refractivity contribution in [2.24, 2.45) is 0 Å². The van der Waals surface area contributed by atoms with E-state index in [1.54, 1.807) is 25.1 Å². The first-order chi connectivity index (χ1) is 9.49. The highest BCUT2D eigenvalue weighted by molar-refractivity contribution is 6.31. The van der Waals surface area contributed by atoms with Crippen molar-refractivity contribution in [3.05, 3.63) is 40.7 Å². The van der Waals surface area contributed by atoms with Gasteiger partial charge in [0.15, 0.2) is 5.69 Å². The summed E-state index contributed by atoms with van der Waals surface area (Å²) in [6.07, 6.45) is 1.08. The van der Waals surface area contributed by atoms with Crippen molar-refractivity contribution in [3.8, 4) is 0 Å². The molecule has 1 aromatic heterocycles. The number of aromatic carboxylic acids is 1. The Bertz CT molecular complexity index is 668. The number of nitrogens with one attached hydrogen (secondary N) is 1. The van der Waals surface area contributed by atoms with E-state index in [4.69, 9.17) is 16.7 Å². The van der Waals surface area contributed by atoms with E-state index in [1.165, 1.54) is 0 Å². The lowest BCUT2D eigenvalue weighted by Crippen LogP contribution is -2.22. The third-order valence-electron chi connectivity index (χ3n) is 2.67. The number of benzene rings is 1. The molecule has 20 heavy (non-hydrogen) atoms. The lowest BCUT2D eigenvalue weighted by atomic mass is 10.2. The summed E-state index contributed by atoms with van der Waals surface area (Å²) >= 11 is 5.95. The molecule has 0 aliphatic rings. The first kappa shape index (κ1) is 14.0. The van der Waals surface area contributed by atoms with E-state index < -0.39 is 11.9 Å². The van der Waals surface area contributed by atoms with Crippen LogP contribution in [0.3, 0.4) is 0 Å². The minimum Gasteiger partial charge on any atom is -0.476 e. The number of carbonyl (C=O) groups excluding carboxylic acids is 1. The van der Waals surface area contributed by atoms with Crippen LogP contribution in [0.1, 0.15) is 16.1 Å². The summed E-state index contributed by atoms with van der Waals surface area (Å²) in [5.41, 5.74) is 1.15. The molecule has 0 unspecified atom stereocenters. The summed E-state index contributed by atoms with van der Waals surface area (Å²) in [4.78, 5) is 22.8. The Balaban J connectivity index is 2.11. The van der Waals surface area contributed by atoms with Gasteiger partial charge in [0.25, 0.3) is 0 Å². The highest BCUT2D eigenvalue weighted by Gasteiger charge is 2.15. The summed E-state index contributed by atoms with van der Waals surface area (Å²) in [7, 11) is 0. The number of hydrogen-bond acceptors (Lipinski definition) is 4. The van der Waals surface area contributed by atoms with Crippen molar-refractivity contribution < 1.29 is 14.7 Å². The maximum absolute atomic E-state index is 11.9. The van der Waals surface area contributed by atoms with Crippen molar-refractivity contribution in [2.45, 2.75) is 13.5 Å². The van der Waals surface area contributed by atoms with Gasteiger partial charge < -0.3 is 10.4 Å². The molecule has 8 heteroatoms. The first-order valence-electron chi connectivity index (χ1n) is 5.66. The molecule has 0 bridgehead atoms. The zero-order valence-electron chi connectivity index (χ0n) is 10.5. The van der Waals surface area contributed by atoms with Crippen LogP contribution in [-0.4, -0.2) is 32.0 Å². The van der Waals surface area contributed by atoms with Crippen LogP contribution in [-0.2, 0) is 11.3 Å². The number of hydrogen-bond donors (Lipinski definition) is 2. The van der Waals surface area contributed by atoms with Crippen LogP contribution in [0.4, 0.5) is 5.69 Å². The number of anilines is 1. The molecule has 1 aromatic carbocycles. The molecule has 0 atom stereocenters. The average Bonchev–Trinajstić information content (AvgIpc) is 2.83. The number of rotatable bonds is 4. The van der Waals surface area contributed by atoms with Crippen LogP contribution >= 0.6 is 11.6 Å². The number of amides is 1. The number of nitrogens with zero attached hydrogens (tertiary/aromatic N) is 3. The minimum atomic E-state index is -1.19. The minimum absolute atomic E-state index is 0.150. The predicted molar refractivity (Wildman–Crippen MR) is 71.8 cm³/mol. The third-order valence-corrected chi connectivity index (χ3v) is 3.08. The van der Waals surface area contributed by atoms with E-state index in [9.17, 15) is 9.59 Å². The van der Waals surface area contributed by atoms with E-state index in [-0.39, 0.29) is 12.2 Å². The van der Waals surface area contributed by atoms with Crippen molar-refractivity contribution >= 4 is 29.2 Å². The van der Waals surface area contributed by atoms with Gasteiger partial charge >= 0.3 is 5.97 Å². The van der Waals surface area contributed by atoms with Gasteiger partial charge in [0, 0.05) is 10.7 Å². The fraction of sp³-hybridized carbons (Fsp3) is 0.167. The van der Waals surface area contributed by atoms with Gasteiger partial charge in [0.1, 0.15) is 6.54 Å². The lowest BCUT2D eigenvalue weighted by molar-refractivity contribution is -0.116. The van der Waals surface area contributed by atoms with Gasteiger partial charge in [-0.25, -0.2) is 9.48 Å². The maximum Gasteiger partial charge on any atom is 0.355 e. The molecule has 1 heterocycles. The van der Waals surface area contributed by atoms with Gasteiger partial charge in [-0.2, -0.15) is 0 Å². The van der Waals surface area contributed by atoms with E-state index in [0.29, 0.717) is 10.7 Å². The smallest absolute Gasteiger partial charge is 0.355 e. The van der Waals surface area contributed by atoms with Crippen LogP contribution in [0.5, 0.6) is 0 Å². The molecule has 0 aliphatic heterocycles. The summed E-state index contributed by atoms with van der Waals surface area (Å²) < 4.78 is 1.01. The van der Waals surface area contributed by atoms with Crippen molar-refractivity contribution in [2.75, 3.05) is 5.32 Å². The quantitative estimate of drug-likeness (QED) is 0.892. The zero-order valence-corrected chi connectivity index (χ0v) is 11.3. The summed E-state index contributed by atoms with van der Waals surface area (Å²) in [5, 5.41) is 19.1. The van der Waals surface area contributed by atoms with E-state index in [1.807, 2.05) is 0 Å². The molecular weight excluding hydrogens is 284 g/mol. The Kier molecular flexibility index (Phi) is 3.99. The van der Waals surface area contributed by atoms with Gasteiger partial charge in [0.05, 0.1) is 6.20 Å². The topological polar surface area (TPSA) is 97.1 Å². The summed E-state index contributed by atoms with van der Waals surface area (Å²) in [5.74, 6) is -1.61. The fourth-order valence-electron chi connectivity index (χ4n) is 1.61. The Morgan fingerprint density at radius 3 is 2.90 bits per heavy atom. The number of carboxylic acid groups (broad SMARTS) is 1. The van der Waals surface area contributed by atoms with Gasteiger partial charge in [-0.1, -0.05) is 22.9 Å². The SMILES string of the molecule is Cc1c(Cl)cccc1NC(=O)Cn1nncc1C(=O)O. The lowest BCUT2D eigenvalue weighted by Gasteiger charge is -2.09. The van der Waals surface area contributed by atoms with Crippen LogP contribution in [0.2, 0.25) is 5.02 Å². The third kappa shape index (κ3) is 2.94. The maximum atomic E-state index is 11.9. The average molecular weight is 295 g/mol. The van der Waals surface area contributed by atoms with E-state index >= 15 is 0 Å². The molecule has 0 saturated heterocycles. The molecule has 0 radical (unpaired) electrons. The highest BCUT2D eigenvalue weighted by atomic mass is 35.5.